The maximum absolute atomic E-state index is 11.4. The number of fused-ring (bicyclic) bond motifs is 1. The quantitative estimate of drug-likeness (QED) is 0.648. The Morgan fingerprint density at radius 3 is 3.07 bits per heavy atom. The van der Waals surface area contributed by atoms with Gasteiger partial charge in [-0.1, -0.05) is 0 Å². The normalized spacial score (nSPS) is 19.2. The van der Waals surface area contributed by atoms with Crippen molar-refractivity contribution in [2.75, 3.05) is 0 Å². The van der Waals surface area contributed by atoms with Gasteiger partial charge in [0.25, 0.3) is 0 Å². The molecule has 1 aromatic rings. The Kier molecular flexibility index (Phi) is 1.87. The first-order valence-corrected chi connectivity index (χ1v) is 5.20. The number of hydrogen-bond donors (Lipinski definition) is 0. The van der Waals surface area contributed by atoms with Crippen molar-refractivity contribution < 1.29 is 9.15 Å². The Bertz CT molecular complexity index is 487. The highest BCUT2D eigenvalue weighted by Crippen LogP contribution is 2.34. The summed E-state index contributed by atoms with van der Waals surface area (Å²) in [5.41, 5.74) is 1.49. The van der Waals surface area contributed by atoms with Crippen molar-refractivity contribution >= 4 is 0 Å². The van der Waals surface area contributed by atoms with Gasteiger partial charge in [0.2, 0.25) is 5.88 Å². The minimum absolute atomic E-state index is 0.322. The van der Waals surface area contributed by atoms with E-state index in [1.807, 2.05) is 0 Å². The van der Waals surface area contributed by atoms with E-state index in [0.29, 0.717) is 17.9 Å². The lowest BCUT2D eigenvalue weighted by Crippen LogP contribution is -2.20. The lowest BCUT2D eigenvalue weighted by molar-refractivity contribution is 0.327. The van der Waals surface area contributed by atoms with Gasteiger partial charge in [-0.15, -0.1) is 0 Å². The molecule has 1 aliphatic carbocycles. The maximum atomic E-state index is 11.4. The fourth-order valence-corrected chi connectivity index (χ4v) is 2.17. The van der Waals surface area contributed by atoms with Crippen LogP contribution in [0, 0.1) is 0 Å². The van der Waals surface area contributed by atoms with Gasteiger partial charge < -0.3 is 9.15 Å². The van der Waals surface area contributed by atoms with Crippen LogP contribution in [0.15, 0.2) is 26.9 Å². The molecule has 0 radical (unpaired) electrons. The molecule has 0 unspecified atom stereocenters. The summed E-state index contributed by atoms with van der Waals surface area (Å²) in [6, 6.07) is 0. The van der Waals surface area contributed by atoms with Crippen molar-refractivity contribution in [3.63, 3.8) is 0 Å². The summed E-state index contributed by atoms with van der Waals surface area (Å²) < 4.78 is 10.4. The zero-order valence-electron chi connectivity index (χ0n) is 8.28. The molecule has 78 valence electrons. The number of aromatic nitrogens is 1. The maximum Gasteiger partial charge on any atom is 0.346 e. The molecule has 0 aromatic carbocycles. The van der Waals surface area contributed by atoms with E-state index in [1.54, 1.807) is 0 Å². The van der Waals surface area contributed by atoms with Crippen LogP contribution in [0.5, 0.6) is 5.88 Å². The predicted octanol–water partition coefficient (Wildman–Crippen LogP) is 1.80. The van der Waals surface area contributed by atoms with E-state index >= 15 is 0 Å². The van der Waals surface area contributed by atoms with Gasteiger partial charge in [-0.3, -0.25) is 0 Å². The molecule has 0 bridgehead atoms. The molecule has 0 saturated heterocycles. The van der Waals surface area contributed by atoms with E-state index in [2.05, 4.69) is 4.98 Å². The summed E-state index contributed by atoms with van der Waals surface area (Å²) >= 11 is 0. The molecular formula is C11H11NO3. The van der Waals surface area contributed by atoms with Crippen molar-refractivity contribution in [2.45, 2.75) is 32.1 Å². The van der Waals surface area contributed by atoms with Crippen molar-refractivity contribution in [3.8, 4) is 5.88 Å². The number of ether oxygens (including phenoxy) is 1. The van der Waals surface area contributed by atoms with Gasteiger partial charge in [0.15, 0.2) is 6.39 Å². The van der Waals surface area contributed by atoms with Crippen molar-refractivity contribution in [1.82, 2.24) is 4.98 Å². The second kappa shape index (κ2) is 3.22. The van der Waals surface area contributed by atoms with Crippen LogP contribution in [0.25, 0.3) is 0 Å². The van der Waals surface area contributed by atoms with E-state index in [9.17, 15) is 4.79 Å². The fourth-order valence-electron chi connectivity index (χ4n) is 2.17. The van der Waals surface area contributed by atoms with Crippen LogP contribution in [0.4, 0.5) is 0 Å². The van der Waals surface area contributed by atoms with Crippen LogP contribution in [0.1, 0.15) is 31.2 Å². The summed E-state index contributed by atoms with van der Waals surface area (Å²) in [5.74, 6) is 1.46. The van der Waals surface area contributed by atoms with Gasteiger partial charge in [0.05, 0.1) is 0 Å². The van der Waals surface area contributed by atoms with E-state index < -0.39 is 0 Å². The third-order valence-corrected chi connectivity index (χ3v) is 2.97. The van der Waals surface area contributed by atoms with Gasteiger partial charge in [0.1, 0.15) is 11.3 Å². The third kappa shape index (κ3) is 1.37. The highest BCUT2D eigenvalue weighted by molar-refractivity contribution is 5.35. The van der Waals surface area contributed by atoms with Crippen LogP contribution in [-0.4, -0.2) is 4.98 Å². The molecule has 1 aromatic heterocycles. The number of allylic oxidation sites excluding steroid dienone is 2. The van der Waals surface area contributed by atoms with Gasteiger partial charge in [-0.25, -0.2) is 4.79 Å². The Morgan fingerprint density at radius 1 is 1.27 bits per heavy atom. The van der Waals surface area contributed by atoms with E-state index in [1.165, 1.54) is 12.0 Å². The summed E-state index contributed by atoms with van der Waals surface area (Å²) in [7, 11) is 0. The Labute approximate surface area is 86.6 Å². The third-order valence-electron chi connectivity index (χ3n) is 2.97. The Hall–Kier alpha value is -1.58. The molecule has 15 heavy (non-hydrogen) atoms. The van der Waals surface area contributed by atoms with E-state index in [0.717, 1.165) is 31.4 Å². The summed E-state index contributed by atoms with van der Waals surface area (Å²) in [6.45, 7) is 0. The zero-order valence-corrected chi connectivity index (χ0v) is 8.28. The molecule has 2 heterocycles. The molecule has 0 amide bonds. The molecule has 2 aliphatic rings. The first-order chi connectivity index (χ1) is 7.34. The van der Waals surface area contributed by atoms with Crippen LogP contribution < -0.4 is 10.4 Å². The molecule has 0 N–H and O–H groups in total. The van der Waals surface area contributed by atoms with Gasteiger partial charge >= 0.3 is 5.63 Å². The molecule has 0 fully saturated rings. The molecule has 4 heteroatoms. The second-order valence-corrected chi connectivity index (χ2v) is 3.94. The standard InChI is InChI=1S/C11H11NO3/c13-11-8-5-7-3-1-2-4-9(7)15-10(8)12-6-14-11/h6H,1-5H2. The first-order valence-electron chi connectivity index (χ1n) is 5.20. The molecule has 0 atom stereocenters. The number of rotatable bonds is 0. The number of hydrogen-bond acceptors (Lipinski definition) is 4. The van der Waals surface area contributed by atoms with Crippen molar-refractivity contribution in [1.29, 1.82) is 0 Å². The highest BCUT2D eigenvalue weighted by Gasteiger charge is 2.25. The molecule has 3 rings (SSSR count). The lowest BCUT2D eigenvalue weighted by Gasteiger charge is -2.24. The van der Waals surface area contributed by atoms with Crippen LogP contribution >= 0.6 is 0 Å². The zero-order chi connectivity index (χ0) is 10.3. The highest BCUT2D eigenvalue weighted by atomic mass is 16.5. The van der Waals surface area contributed by atoms with Crippen LogP contribution in [-0.2, 0) is 6.42 Å². The van der Waals surface area contributed by atoms with Gasteiger partial charge in [-0.2, -0.15) is 4.98 Å². The smallest absolute Gasteiger partial charge is 0.346 e. The Balaban J connectivity index is 2.07. The average Bonchev–Trinajstić information content (AvgIpc) is 2.27. The molecule has 4 nitrogen and oxygen atoms in total. The fraction of sp³-hybridized carbons (Fsp3) is 0.455. The summed E-state index contributed by atoms with van der Waals surface area (Å²) in [4.78, 5) is 15.4. The average molecular weight is 205 g/mol. The van der Waals surface area contributed by atoms with Crippen molar-refractivity contribution in [2.24, 2.45) is 0 Å². The van der Waals surface area contributed by atoms with Gasteiger partial charge in [-0.05, 0) is 24.8 Å². The SMILES string of the molecule is O=c1ocnc2c1CC1=C(CCCC1)O2. The number of nitrogens with zero attached hydrogens (tertiary/aromatic N) is 1. The minimum atomic E-state index is -0.322. The minimum Gasteiger partial charge on any atom is -0.443 e. The topological polar surface area (TPSA) is 52.3 Å². The Morgan fingerprint density at radius 2 is 2.13 bits per heavy atom. The second-order valence-electron chi connectivity index (χ2n) is 3.94. The van der Waals surface area contributed by atoms with Crippen LogP contribution in [0.3, 0.4) is 0 Å². The molecule has 0 spiro atoms. The molecule has 0 saturated carbocycles. The van der Waals surface area contributed by atoms with Crippen LogP contribution in [0.2, 0.25) is 0 Å². The largest absolute Gasteiger partial charge is 0.443 e. The monoisotopic (exact) mass is 205 g/mol. The van der Waals surface area contributed by atoms with Gasteiger partial charge in [0, 0.05) is 12.8 Å². The van der Waals surface area contributed by atoms with Crippen molar-refractivity contribution in [3.05, 3.63) is 33.7 Å². The lowest BCUT2D eigenvalue weighted by atomic mass is 9.92. The predicted molar refractivity (Wildman–Crippen MR) is 52.6 cm³/mol. The van der Waals surface area contributed by atoms with E-state index in [-0.39, 0.29) is 5.63 Å². The molecule has 1 aliphatic heterocycles. The van der Waals surface area contributed by atoms with E-state index in [4.69, 9.17) is 9.15 Å². The summed E-state index contributed by atoms with van der Waals surface area (Å²) in [6.07, 6.45) is 6.15. The summed E-state index contributed by atoms with van der Waals surface area (Å²) in [5, 5.41) is 0. The first kappa shape index (κ1) is 8.71. The molecular weight excluding hydrogens is 194 g/mol.